The van der Waals surface area contributed by atoms with Crippen molar-refractivity contribution in [3.63, 3.8) is 0 Å². The van der Waals surface area contributed by atoms with Crippen LogP contribution in [0, 0.1) is 0 Å². The van der Waals surface area contributed by atoms with E-state index < -0.39 is 0 Å². The number of nitrogens with zero attached hydrogens (tertiary/aromatic N) is 2. The van der Waals surface area contributed by atoms with Gasteiger partial charge >= 0.3 is 0 Å². The second-order valence-electron chi connectivity index (χ2n) is 5.40. The first kappa shape index (κ1) is 13.7. The van der Waals surface area contributed by atoms with E-state index in [4.69, 9.17) is 9.73 Å². The zero-order valence-corrected chi connectivity index (χ0v) is 12.7. The number of benzene rings is 2. The molecule has 1 heterocycles. The van der Waals surface area contributed by atoms with Gasteiger partial charge in [0.2, 0.25) is 0 Å². The molecule has 0 aliphatic carbocycles. The fourth-order valence-electron chi connectivity index (χ4n) is 2.79. The zero-order valence-electron chi connectivity index (χ0n) is 12.7. The lowest BCUT2D eigenvalue weighted by Crippen LogP contribution is -2.29. The summed E-state index contributed by atoms with van der Waals surface area (Å²) in [5.74, 6) is 1.88. The van der Waals surface area contributed by atoms with Gasteiger partial charge in [-0.2, -0.15) is 0 Å². The SMILES string of the molecule is COc1ccc2c(c1)N=C(C)N(C)C(c1ccccc1)C2. The summed E-state index contributed by atoms with van der Waals surface area (Å²) in [5, 5.41) is 0. The third-order valence-corrected chi connectivity index (χ3v) is 4.15. The Morgan fingerprint density at radius 1 is 1.14 bits per heavy atom. The first-order chi connectivity index (χ1) is 10.2. The first-order valence-electron chi connectivity index (χ1n) is 7.19. The summed E-state index contributed by atoms with van der Waals surface area (Å²) in [7, 11) is 3.80. The highest BCUT2D eigenvalue weighted by atomic mass is 16.5. The molecule has 1 atom stereocenters. The molecule has 0 spiro atoms. The van der Waals surface area contributed by atoms with E-state index in [0.29, 0.717) is 6.04 Å². The minimum Gasteiger partial charge on any atom is -0.497 e. The van der Waals surface area contributed by atoms with Crippen LogP contribution < -0.4 is 4.74 Å². The maximum absolute atomic E-state index is 5.31. The third kappa shape index (κ3) is 2.64. The minimum atomic E-state index is 0.310. The van der Waals surface area contributed by atoms with Crippen LogP contribution in [0.1, 0.15) is 24.1 Å². The summed E-state index contributed by atoms with van der Waals surface area (Å²) in [6, 6.07) is 17.1. The summed E-state index contributed by atoms with van der Waals surface area (Å²) in [6.45, 7) is 2.06. The van der Waals surface area contributed by atoms with Gasteiger partial charge in [0.15, 0.2) is 0 Å². The lowest BCUT2D eigenvalue weighted by Gasteiger charge is -2.28. The molecule has 2 aromatic rings. The van der Waals surface area contributed by atoms with Crippen molar-refractivity contribution >= 4 is 11.5 Å². The smallest absolute Gasteiger partial charge is 0.121 e. The summed E-state index contributed by atoms with van der Waals surface area (Å²) >= 11 is 0. The molecule has 21 heavy (non-hydrogen) atoms. The Hall–Kier alpha value is -2.29. The monoisotopic (exact) mass is 280 g/mol. The van der Waals surface area contributed by atoms with Crippen molar-refractivity contribution in [1.29, 1.82) is 0 Å². The van der Waals surface area contributed by atoms with Gasteiger partial charge in [0.05, 0.1) is 18.8 Å². The van der Waals surface area contributed by atoms with Gasteiger partial charge in [0.1, 0.15) is 11.6 Å². The molecule has 0 amide bonds. The minimum absolute atomic E-state index is 0.310. The van der Waals surface area contributed by atoms with E-state index in [0.717, 1.165) is 23.7 Å². The highest BCUT2D eigenvalue weighted by Crippen LogP contribution is 2.34. The summed E-state index contributed by atoms with van der Waals surface area (Å²) in [4.78, 5) is 7.02. The summed E-state index contributed by atoms with van der Waals surface area (Å²) < 4.78 is 5.31. The molecular weight excluding hydrogens is 260 g/mol. The maximum atomic E-state index is 5.31. The Labute approximate surface area is 125 Å². The van der Waals surface area contributed by atoms with E-state index in [2.05, 4.69) is 55.3 Å². The van der Waals surface area contributed by atoms with Gasteiger partial charge in [0.25, 0.3) is 0 Å². The molecule has 0 aromatic heterocycles. The molecule has 0 fully saturated rings. The molecule has 0 bridgehead atoms. The van der Waals surface area contributed by atoms with Gasteiger partial charge < -0.3 is 9.64 Å². The first-order valence-corrected chi connectivity index (χ1v) is 7.19. The van der Waals surface area contributed by atoms with Gasteiger partial charge in [-0.3, -0.25) is 0 Å². The number of fused-ring (bicyclic) bond motifs is 1. The maximum Gasteiger partial charge on any atom is 0.121 e. The predicted molar refractivity (Wildman–Crippen MR) is 86.4 cm³/mol. The fraction of sp³-hybridized carbons (Fsp3) is 0.278. The number of likely N-dealkylation sites (N-methyl/N-ethyl adjacent to an activating group) is 1. The van der Waals surface area contributed by atoms with E-state index in [1.54, 1.807) is 7.11 Å². The fourth-order valence-corrected chi connectivity index (χ4v) is 2.79. The lowest BCUT2D eigenvalue weighted by molar-refractivity contribution is 0.374. The molecule has 1 unspecified atom stereocenters. The number of hydrogen-bond acceptors (Lipinski definition) is 3. The molecule has 2 aromatic carbocycles. The number of methoxy groups -OCH3 is 1. The molecule has 3 nitrogen and oxygen atoms in total. The molecule has 0 radical (unpaired) electrons. The van der Waals surface area contributed by atoms with Crippen molar-refractivity contribution < 1.29 is 4.74 Å². The normalized spacial score (nSPS) is 17.8. The average Bonchev–Trinajstić information content (AvgIpc) is 2.65. The van der Waals surface area contributed by atoms with E-state index in [1.807, 2.05) is 12.1 Å². The number of rotatable bonds is 2. The molecule has 1 aliphatic rings. The molecule has 3 heteroatoms. The van der Waals surface area contributed by atoms with Crippen molar-refractivity contribution in [2.24, 2.45) is 4.99 Å². The van der Waals surface area contributed by atoms with Gasteiger partial charge in [-0.15, -0.1) is 0 Å². The van der Waals surface area contributed by atoms with Gasteiger partial charge in [-0.25, -0.2) is 4.99 Å². The van der Waals surface area contributed by atoms with Gasteiger partial charge in [0, 0.05) is 13.1 Å². The second kappa shape index (κ2) is 5.60. The Bertz CT molecular complexity index is 664. The molecule has 0 saturated carbocycles. The highest BCUT2D eigenvalue weighted by Gasteiger charge is 2.23. The van der Waals surface area contributed by atoms with Crippen LogP contribution >= 0.6 is 0 Å². The third-order valence-electron chi connectivity index (χ3n) is 4.15. The molecular formula is C18H20N2O. The van der Waals surface area contributed by atoms with Gasteiger partial charge in [-0.05, 0) is 30.5 Å². The van der Waals surface area contributed by atoms with Crippen LogP contribution in [0.4, 0.5) is 5.69 Å². The number of amidine groups is 1. The number of ether oxygens (including phenoxy) is 1. The Morgan fingerprint density at radius 2 is 1.90 bits per heavy atom. The van der Waals surface area contributed by atoms with Crippen LogP contribution in [0.2, 0.25) is 0 Å². The Balaban J connectivity index is 2.05. The summed E-state index contributed by atoms with van der Waals surface area (Å²) in [5.41, 5.74) is 3.59. The van der Waals surface area contributed by atoms with Crippen molar-refractivity contribution in [2.45, 2.75) is 19.4 Å². The van der Waals surface area contributed by atoms with Crippen LogP contribution in [0.3, 0.4) is 0 Å². The molecule has 108 valence electrons. The summed E-state index contributed by atoms with van der Waals surface area (Å²) in [6.07, 6.45) is 0.945. The van der Waals surface area contributed by atoms with Crippen LogP contribution in [-0.4, -0.2) is 24.9 Å². The van der Waals surface area contributed by atoms with E-state index in [-0.39, 0.29) is 0 Å². The standard InChI is InChI=1S/C18H20N2O/c1-13-19-17-12-16(21-3)10-9-15(17)11-18(20(13)2)14-7-5-4-6-8-14/h4-10,12,18H,11H2,1-3H3. The largest absolute Gasteiger partial charge is 0.497 e. The quantitative estimate of drug-likeness (QED) is 0.831. The topological polar surface area (TPSA) is 24.8 Å². The van der Waals surface area contributed by atoms with E-state index in [9.17, 15) is 0 Å². The van der Waals surface area contributed by atoms with E-state index in [1.165, 1.54) is 11.1 Å². The number of aliphatic imine (C=N–C) groups is 1. The number of hydrogen-bond donors (Lipinski definition) is 0. The van der Waals surface area contributed by atoms with Gasteiger partial charge in [-0.1, -0.05) is 36.4 Å². The van der Waals surface area contributed by atoms with Crippen molar-refractivity contribution in [1.82, 2.24) is 4.90 Å². The second-order valence-corrected chi connectivity index (χ2v) is 5.40. The Morgan fingerprint density at radius 3 is 2.62 bits per heavy atom. The molecule has 3 rings (SSSR count). The van der Waals surface area contributed by atoms with Crippen LogP contribution in [0.5, 0.6) is 5.75 Å². The van der Waals surface area contributed by atoms with Crippen molar-refractivity contribution in [3.8, 4) is 5.75 Å². The molecule has 0 N–H and O–H groups in total. The highest BCUT2D eigenvalue weighted by molar-refractivity contribution is 5.84. The molecule has 0 saturated heterocycles. The van der Waals surface area contributed by atoms with Crippen LogP contribution in [0.15, 0.2) is 53.5 Å². The zero-order chi connectivity index (χ0) is 14.8. The molecule has 1 aliphatic heterocycles. The van der Waals surface area contributed by atoms with Crippen molar-refractivity contribution in [3.05, 3.63) is 59.7 Å². The van der Waals surface area contributed by atoms with Crippen LogP contribution in [0.25, 0.3) is 0 Å². The Kier molecular flexibility index (Phi) is 3.65. The van der Waals surface area contributed by atoms with Crippen molar-refractivity contribution in [2.75, 3.05) is 14.2 Å². The van der Waals surface area contributed by atoms with E-state index >= 15 is 0 Å². The predicted octanol–water partition coefficient (Wildman–Crippen LogP) is 3.97. The van der Waals surface area contributed by atoms with Crippen LogP contribution in [-0.2, 0) is 6.42 Å². The average molecular weight is 280 g/mol. The lowest BCUT2D eigenvalue weighted by atomic mass is 9.97.